The molecule has 12 heteroatoms. The van der Waals surface area contributed by atoms with Gasteiger partial charge in [-0.3, -0.25) is 19.3 Å². The molecule has 0 radical (unpaired) electrons. The molecule has 0 bridgehead atoms. The fourth-order valence-electron chi connectivity index (χ4n) is 4.58. The fourth-order valence-corrected chi connectivity index (χ4v) is 5.32. The molecule has 4 aromatic rings. The lowest BCUT2D eigenvalue weighted by atomic mass is 10.0. The van der Waals surface area contributed by atoms with Crippen LogP contribution in [0.5, 0.6) is 0 Å². The first-order valence-corrected chi connectivity index (χ1v) is 12.7. The molecule has 38 heavy (non-hydrogen) atoms. The molecule has 5 rings (SSSR count). The third-order valence-electron chi connectivity index (χ3n) is 6.41. The van der Waals surface area contributed by atoms with E-state index in [1.54, 1.807) is 6.20 Å². The Hall–Kier alpha value is -4.29. The topological polar surface area (TPSA) is 156 Å². The SMILES string of the molecule is NC(=O)c1nsc(C(=O)N(c2cccc(F)c2)[C@H](C(=O)NC[C@H]2CCCO2)c2c[nH]c3ccccc23)c1N. The second-order valence-electron chi connectivity index (χ2n) is 8.87. The van der Waals surface area contributed by atoms with Crippen molar-refractivity contribution in [2.24, 2.45) is 5.73 Å². The van der Waals surface area contributed by atoms with Crippen LogP contribution in [0, 0.1) is 5.82 Å². The molecule has 1 fully saturated rings. The Labute approximate surface area is 220 Å². The van der Waals surface area contributed by atoms with E-state index in [1.807, 2.05) is 24.3 Å². The van der Waals surface area contributed by atoms with Crippen LogP contribution in [0.2, 0.25) is 0 Å². The summed E-state index contributed by atoms with van der Waals surface area (Å²) in [7, 11) is 0. The summed E-state index contributed by atoms with van der Waals surface area (Å²) in [5, 5.41) is 3.61. The van der Waals surface area contributed by atoms with Crippen molar-refractivity contribution >= 4 is 51.5 Å². The second-order valence-corrected chi connectivity index (χ2v) is 9.64. The molecule has 196 valence electrons. The molecule has 0 aliphatic carbocycles. The summed E-state index contributed by atoms with van der Waals surface area (Å²) < 4.78 is 24.0. The van der Waals surface area contributed by atoms with Crippen molar-refractivity contribution in [1.29, 1.82) is 0 Å². The van der Waals surface area contributed by atoms with Gasteiger partial charge in [0.15, 0.2) is 5.69 Å². The van der Waals surface area contributed by atoms with Crippen LogP contribution in [0.15, 0.2) is 54.7 Å². The molecule has 0 spiro atoms. The maximum Gasteiger partial charge on any atom is 0.273 e. The average molecular weight is 537 g/mol. The predicted molar refractivity (Wildman–Crippen MR) is 141 cm³/mol. The van der Waals surface area contributed by atoms with Crippen LogP contribution in [0.4, 0.5) is 15.8 Å². The van der Waals surface area contributed by atoms with E-state index >= 15 is 0 Å². The van der Waals surface area contributed by atoms with Crippen LogP contribution < -0.4 is 21.7 Å². The first-order valence-electron chi connectivity index (χ1n) is 11.9. The summed E-state index contributed by atoms with van der Waals surface area (Å²) >= 11 is 0.683. The number of nitrogen functional groups attached to an aromatic ring is 1. The van der Waals surface area contributed by atoms with Gasteiger partial charge in [-0.1, -0.05) is 24.3 Å². The number of carbonyl (C=O) groups is 3. The minimum atomic E-state index is -1.24. The van der Waals surface area contributed by atoms with Crippen LogP contribution in [0.3, 0.4) is 0 Å². The van der Waals surface area contributed by atoms with E-state index in [4.69, 9.17) is 16.2 Å². The van der Waals surface area contributed by atoms with E-state index < -0.39 is 29.6 Å². The number of fused-ring (bicyclic) bond motifs is 1. The van der Waals surface area contributed by atoms with Crippen LogP contribution in [-0.2, 0) is 9.53 Å². The summed E-state index contributed by atoms with van der Waals surface area (Å²) in [5.74, 6) is -2.73. The Morgan fingerprint density at radius 1 is 1.24 bits per heavy atom. The standard InChI is InChI=1S/C26H25FN6O4S/c27-14-5-3-6-15(11-14)33(26(36)23-20(28)21(24(29)34)32-38-23)22(25(35)31-12-16-7-4-10-37-16)18-13-30-19-9-2-1-8-17(18)19/h1-3,5-6,8-9,11,13,16,22,30H,4,7,10,12,28H2,(H2,29,34)(H,31,35)/t16-,22+/m1/s1. The lowest BCUT2D eigenvalue weighted by molar-refractivity contribution is -0.123. The first kappa shape index (κ1) is 25.4. The number of anilines is 2. The van der Waals surface area contributed by atoms with E-state index in [-0.39, 0.29) is 34.6 Å². The number of nitrogens with one attached hydrogen (secondary N) is 2. The summed E-state index contributed by atoms with van der Waals surface area (Å²) in [5.41, 5.74) is 12.3. The van der Waals surface area contributed by atoms with Gasteiger partial charge < -0.3 is 26.5 Å². The molecule has 1 saturated heterocycles. The Balaban J connectivity index is 1.65. The van der Waals surface area contributed by atoms with E-state index in [2.05, 4.69) is 14.7 Å². The number of nitrogens with two attached hydrogens (primary N) is 2. The highest BCUT2D eigenvalue weighted by Gasteiger charge is 2.37. The lowest BCUT2D eigenvalue weighted by Gasteiger charge is -2.31. The molecule has 2 atom stereocenters. The van der Waals surface area contributed by atoms with E-state index in [1.165, 1.54) is 18.2 Å². The zero-order valence-corrected chi connectivity index (χ0v) is 21.0. The Bertz CT molecular complexity index is 1510. The summed E-state index contributed by atoms with van der Waals surface area (Å²) in [6.45, 7) is 0.866. The van der Waals surface area contributed by atoms with Gasteiger partial charge in [-0.25, -0.2) is 4.39 Å². The fraction of sp³-hybridized carbons (Fsp3) is 0.231. The van der Waals surface area contributed by atoms with Gasteiger partial charge in [-0.05, 0) is 48.6 Å². The molecule has 1 aliphatic rings. The van der Waals surface area contributed by atoms with E-state index in [0.717, 1.165) is 29.3 Å². The molecule has 0 unspecified atom stereocenters. The van der Waals surface area contributed by atoms with E-state index in [9.17, 15) is 18.8 Å². The Morgan fingerprint density at radius 2 is 2.05 bits per heavy atom. The summed E-state index contributed by atoms with van der Waals surface area (Å²) in [4.78, 5) is 43.9. The summed E-state index contributed by atoms with van der Waals surface area (Å²) in [6, 6.07) is 11.4. The number of aromatic nitrogens is 2. The quantitative estimate of drug-likeness (QED) is 0.271. The van der Waals surface area contributed by atoms with Crippen molar-refractivity contribution < 1.29 is 23.5 Å². The van der Waals surface area contributed by atoms with Gasteiger partial charge in [0.1, 0.15) is 16.7 Å². The largest absolute Gasteiger partial charge is 0.395 e. The van der Waals surface area contributed by atoms with Crippen LogP contribution in [0.25, 0.3) is 10.9 Å². The molecule has 6 N–H and O–H groups in total. The van der Waals surface area contributed by atoms with Crippen LogP contribution in [0.1, 0.15) is 44.6 Å². The van der Waals surface area contributed by atoms with Gasteiger partial charge in [-0.15, -0.1) is 0 Å². The third-order valence-corrected chi connectivity index (χ3v) is 7.26. The molecule has 0 saturated carbocycles. The molecule has 3 amide bonds. The molecular weight excluding hydrogens is 511 g/mol. The highest BCUT2D eigenvalue weighted by atomic mass is 32.1. The number of aromatic amines is 1. The normalized spacial score (nSPS) is 15.9. The van der Waals surface area contributed by atoms with Gasteiger partial charge in [0.25, 0.3) is 11.8 Å². The van der Waals surface area contributed by atoms with Crippen LogP contribution >= 0.6 is 11.5 Å². The van der Waals surface area contributed by atoms with Crippen LogP contribution in [-0.4, -0.2) is 46.3 Å². The number of rotatable bonds is 8. The van der Waals surface area contributed by atoms with Gasteiger partial charge >= 0.3 is 0 Å². The third kappa shape index (κ3) is 4.83. The molecule has 2 aromatic carbocycles. The average Bonchev–Trinajstić information content (AvgIpc) is 3.65. The first-order chi connectivity index (χ1) is 18.3. The monoisotopic (exact) mass is 536 g/mol. The maximum absolute atomic E-state index is 14.4. The number of H-pyrrole nitrogens is 1. The number of amides is 3. The number of hydrogen-bond acceptors (Lipinski definition) is 7. The van der Waals surface area contributed by atoms with Crippen molar-refractivity contribution in [3.63, 3.8) is 0 Å². The molecule has 10 nitrogen and oxygen atoms in total. The van der Waals surface area contributed by atoms with Crippen molar-refractivity contribution in [1.82, 2.24) is 14.7 Å². The number of nitrogens with zero attached hydrogens (tertiary/aromatic N) is 2. The highest BCUT2D eigenvalue weighted by Crippen LogP contribution is 2.36. The highest BCUT2D eigenvalue weighted by molar-refractivity contribution is 7.09. The van der Waals surface area contributed by atoms with Crippen molar-refractivity contribution in [2.45, 2.75) is 25.0 Å². The van der Waals surface area contributed by atoms with Crippen molar-refractivity contribution in [3.05, 3.63) is 76.7 Å². The molecule has 2 aromatic heterocycles. The Morgan fingerprint density at radius 3 is 2.76 bits per heavy atom. The number of para-hydroxylation sites is 1. The van der Waals surface area contributed by atoms with Crippen molar-refractivity contribution in [2.75, 3.05) is 23.8 Å². The number of ether oxygens (including phenoxy) is 1. The number of primary amides is 1. The molecule has 3 heterocycles. The number of halogens is 1. The number of benzene rings is 2. The van der Waals surface area contributed by atoms with Gasteiger partial charge in [-0.2, -0.15) is 4.37 Å². The minimum absolute atomic E-state index is 0.0974. The van der Waals surface area contributed by atoms with Crippen molar-refractivity contribution in [3.8, 4) is 0 Å². The zero-order valence-electron chi connectivity index (χ0n) is 20.1. The van der Waals surface area contributed by atoms with Gasteiger partial charge in [0, 0.05) is 41.5 Å². The zero-order chi connectivity index (χ0) is 26.8. The van der Waals surface area contributed by atoms with E-state index in [0.29, 0.717) is 29.1 Å². The smallest absolute Gasteiger partial charge is 0.273 e. The number of carbonyl (C=O) groups excluding carboxylic acids is 3. The number of hydrogen-bond donors (Lipinski definition) is 4. The molecule has 1 aliphatic heterocycles. The minimum Gasteiger partial charge on any atom is -0.395 e. The lowest BCUT2D eigenvalue weighted by Crippen LogP contribution is -2.45. The van der Waals surface area contributed by atoms with Gasteiger partial charge in [0.05, 0.1) is 11.8 Å². The van der Waals surface area contributed by atoms with Gasteiger partial charge in [0.2, 0.25) is 5.91 Å². The maximum atomic E-state index is 14.4. The summed E-state index contributed by atoms with van der Waals surface area (Å²) in [6.07, 6.45) is 3.20. The Kier molecular flexibility index (Phi) is 7.07. The second kappa shape index (κ2) is 10.6. The predicted octanol–water partition coefficient (Wildman–Crippen LogP) is 3.13. The molecular formula is C26H25FN6O4S.